The van der Waals surface area contributed by atoms with E-state index >= 15 is 0 Å². The van der Waals surface area contributed by atoms with Crippen LogP contribution in [0.1, 0.15) is 42.3 Å². The van der Waals surface area contributed by atoms with E-state index in [0.717, 1.165) is 44.1 Å². The van der Waals surface area contributed by atoms with E-state index in [1.165, 1.54) is 5.56 Å². The molecule has 1 saturated heterocycles. The maximum absolute atomic E-state index is 12.5. The summed E-state index contributed by atoms with van der Waals surface area (Å²) in [7, 11) is 0. The fourth-order valence-electron chi connectivity index (χ4n) is 3.18. The van der Waals surface area contributed by atoms with E-state index in [4.69, 9.17) is 9.47 Å². The summed E-state index contributed by atoms with van der Waals surface area (Å²) in [5.41, 5.74) is 2.87. The van der Waals surface area contributed by atoms with Gasteiger partial charge in [-0.05, 0) is 56.2 Å². The first kappa shape index (κ1) is 22.8. The third kappa shape index (κ3) is 7.70. The van der Waals surface area contributed by atoms with E-state index in [1.807, 2.05) is 57.2 Å². The summed E-state index contributed by atoms with van der Waals surface area (Å²) < 4.78 is 10.6. The minimum atomic E-state index is -0.535. The van der Waals surface area contributed by atoms with Gasteiger partial charge in [-0.1, -0.05) is 24.3 Å². The van der Waals surface area contributed by atoms with Crippen LogP contribution in [-0.2, 0) is 22.6 Å². The zero-order valence-electron chi connectivity index (χ0n) is 18.4. The SMILES string of the molecule is CC(C)(C)OC(=O)NCc1ccc(C(=O)Nc2ccc(CN3CCOCC3)cc2)cc1. The number of hydrogen-bond acceptors (Lipinski definition) is 5. The molecule has 31 heavy (non-hydrogen) atoms. The van der Waals surface area contributed by atoms with Crippen LogP contribution < -0.4 is 10.6 Å². The Kier molecular flexibility index (Phi) is 7.65. The molecule has 2 aromatic carbocycles. The largest absolute Gasteiger partial charge is 0.444 e. The van der Waals surface area contributed by atoms with Gasteiger partial charge in [0.2, 0.25) is 0 Å². The lowest BCUT2D eigenvalue weighted by Gasteiger charge is -2.26. The van der Waals surface area contributed by atoms with Crippen molar-refractivity contribution < 1.29 is 19.1 Å². The second-order valence-electron chi connectivity index (χ2n) is 8.59. The molecule has 0 atom stereocenters. The molecule has 1 aliphatic rings. The summed E-state index contributed by atoms with van der Waals surface area (Å²) in [6.07, 6.45) is -0.466. The van der Waals surface area contributed by atoms with Gasteiger partial charge in [0.05, 0.1) is 13.2 Å². The summed E-state index contributed by atoms with van der Waals surface area (Å²) in [5, 5.41) is 5.63. The average Bonchev–Trinajstić information content (AvgIpc) is 2.73. The van der Waals surface area contributed by atoms with Gasteiger partial charge in [-0.25, -0.2) is 4.79 Å². The predicted octanol–water partition coefficient (Wildman–Crippen LogP) is 3.80. The van der Waals surface area contributed by atoms with E-state index < -0.39 is 11.7 Å². The number of morpholine rings is 1. The van der Waals surface area contributed by atoms with Crippen molar-refractivity contribution in [2.75, 3.05) is 31.6 Å². The van der Waals surface area contributed by atoms with E-state index in [0.29, 0.717) is 12.1 Å². The summed E-state index contributed by atoms with van der Waals surface area (Å²) >= 11 is 0. The Hall–Kier alpha value is -2.90. The van der Waals surface area contributed by atoms with Crippen LogP contribution in [0.4, 0.5) is 10.5 Å². The number of carbonyl (C=O) groups is 2. The van der Waals surface area contributed by atoms with Gasteiger partial charge in [-0.3, -0.25) is 9.69 Å². The topological polar surface area (TPSA) is 79.9 Å². The zero-order chi connectivity index (χ0) is 22.3. The van der Waals surface area contributed by atoms with Gasteiger partial charge in [0.15, 0.2) is 0 Å². The quantitative estimate of drug-likeness (QED) is 0.736. The number of ether oxygens (including phenoxy) is 2. The van der Waals surface area contributed by atoms with Crippen LogP contribution in [0.2, 0.25) is 0 Å². The van der Waals surface area contributed by atoms with Gasteiger partial charge in [-0.2, -0.15) is 0 Å². The van der Waals surface area contributed by atoms with Crippen molar-refractivity contribution in [3.63, 3.8) is 0 Å². The van der Waals surface area contributed by atoms with Crippen LogP contribution in [0.3, 0.4) is 0 Å². The normalized spacial score (nSPS) is 14.7. The molecule has 1 fully saturated rings. The number of nitrogens with one attached hydrogen (secondary N) is 2. The summed E-state index contributed by atoms with van der Waals surface area (Å²) in [5.74, 6) is -0.174. The predicted molar refractivity (Wildman–Crippen MR) is 120 cm³/mol. The van der Waals surface area contributed by atoms with Gasteiger partial charge < -0.3 is 20.1 Å². The molecule has 7 heteroatoms. The number of carbonyl (C=O) groups excluding carboxylic acids is 2. The highest BCUT2D eigenvalue weighted by molar-refractivity contribution is 6.04. The molecule has 0 bridgehead atoms. The first-order chi connectivity index (χ1) is 14.8. The van der Waals surface area contributed by atoms with Gasteiger partial charge in [0, 0.05) is 37.4 Å². The van der Waals surface area contributed by atoms with Crippen molar-refractivity contribution in [3.05, 3.63) is 65.2 Å². The van der Waals surface area contributed by atoms with E-state index in [9.17, 15) is 9.59 Å². The van der Waals surface area contributed by atoms with Crippen LogP contribution in [0.25, 0.3) is 0 Å². The van der Waals surface area contributed by atoms with E-state index in [1.54, 1.807) is 12.1 Å². The Balaban J connectivity index is 1.48. The molecule has 0 radical (unpaired) electrons. The fourth-order valence-corrected chi connectivity index (χ4v) is 3.18. The van der Waals surface area contributed by atoms with Crippen molar-refractivity contribution in [3.8, 4) is 0 Å². The molecule has 0 spiro atoms. The third-order valence-electron chi connectivity index (χ3n) is 4.77. The first-order valence-corrected chi connectivity index (χ1v) is 10.5. The zero-order valence-corrected chi connectivity index (χ0v) is 18.4. The number of benzene rings is 2. The number of nitrogens with zero attached hydrogens (tertiary/aromatic N) is 1. The van der Waals surface area contributed by atoms with Crippen molar-refractivity contribution in [2.45, 2.75) is 39.5 Å². The molecule has 3 rings (SSSR count). The van der Waals surface area contributed by atoms with Gasteiger partial charge in [0.25, 0.3) is 5.91 Å². The molecule has 7 nitrogen and oxygen atoms in total. The van der Waals surface area contributed by atoms with E-state index in [-0.39, 0.29) is 5.91 Å². The van der Waals surface area contributed by atoms with Gasteiger partial charge in [-0.15, -0.1) is 0 Å². The minimum Gasteiger partial charge on any atom is -0.444 e. The van der Waals surface area contributed by atoms with Crippen LogP contribution in [0, 0.1) is 0 Å². The molecule has 0 aliphatic carbocycles. The Morgan fingerprint density at radius 1 is 0.968 bits per heavy atom. The Labute approximate surface area is 183 Å². The van der Waals surface area contributed by atoms with Crippen LogP contribution in [-0.4, -0.2) is 48.8 Å². The Morgan fingerprint density at radius 3 is 2.19 bits per heavy atom. The molecule has 1 aliphatic heterocycles. The lowest BCUT2D eigenvalue weighted by Crippen LogP contribution is -2.35. The maximum atomic E-state index is 12.5. The Morgan fingerprint density at radius 2 is 1.58 bits per heavy atom. The summed E-state index contributed by atoms with van der Waals surface area (Å²) in [6, 6.07) is 15.0. The standard InChI is InChI=1S/C24H31N3O4/c1-24(2,3)31-23(29)25-16-18-4-8-20(9-5-18)22(28)26-21-10-6-19(7-11-21)17-27-12-14-30-15-13-27/h4-11H,12-17H2,1-3H3,(H,25,29)(H,26,28). The molecular formula is C24H31N3O4. The number of alkyl carbamates (subject to hydrolysis) is 1. The molecule has 1 heterocycles. The van der Waals surface area contributed by atoms with Crippen molar-refractivity contribution in [1.29, 1.82) is 0 Å². The highest BCUT2D eigenvalue weighted by atomic mass is 16.6. The molecule has 0 unspecified atom stereocenters. The molecule has 2 aromatic rings. The lowest BCUT2D eigenvalue weighted by molar-refractivity contribution is 0.0342. The third-order valence-corrected chi connectivity index (χ3v) is 4.77. The molecule has 166 valence electrons. The second-order valence-corrected chi connectivity index (χ2v) is 8.59. The molecule has 2 N–H and O–H groups in total. The van der Waals surface area contributed by atoms with Crippen LogP contribution in [0.5, 0.6) is 0 Å². The molecule has 2 amide bonds. The van der Waals surface area contributed by atoms with Crippen LogP contribution >= 0.6 is 0 Å². The van der Waals surface area contributed by atoms with Gasteiger partial charge in [0.1, 0.15) is 5.60 Å². The minimum absolute atomic E-state index is 0.174. The second kappa shape index (κ2) is 10.4. The first-order valence-electron chi connectivity index (χ1n) is 10.5. The highest BCUT2D eigenvalue weighted by Crippen LogP contribution is 2.14. The van der Waals surface area contributed by atoms with Crippen molar-refractivity contribution in [1.82, 2.24) is 10.2 Å². The fraction of sp³-hybridized carbons (Fsp3) is 0.417. The highest BCUT2D eigenvalue weighted by Gasteiger charge is 2.16. The number of hydrogen-bond donors (Lipinski definition) is 2. The smallest absolute Gasteiger partial charge is 0.407 e. The molecule has 0 saturated carbocycles. The van der Waals surface area contributed by atoms with Crippen molar-refractivity contribution >= 4 is 17.7 Å². The van der Waals surface area contributed by atoms with E-state index in [2.05, 4.69) is 15.5 Å². The van der Waals surface area contributed by atoms with Crippen molar-refractivity contribution in [2.24, 2.45) is 0 Å². The number of rotatable bonds is 6. The summed E-state index contributed by atoms with van der Waals surface area (Å²) in [4.78, 5) is 26.6. The van der Waals surface area contributed by atoms with Crippen LogP contribution in [0.15, 0.2) is 48.5 Å². The maximum Gasteiger partial charge on any atom is 0.407 e. The molecule has 0 aromatic heterocycles. The molecular weight excluding hydrogens is 394 g/mol. The number of amides is 2. The summed E-state index contributed by atoms with van der Waals surface area (Å²) in [6.45, 7) is 10.1. The lowest BCUT2D eigenvalue weighted by atomic mass is 10.1. The monoisotopic (exact) mass is 425 g/mol. The van der Waals surface area contributed by atoms with Gasteiger partial charge >= 0.3 is 6.09 Å². The average molecular weight is 426 g/mol. The Bertz CT molecular complexity index is 867. The number of anilines is 1.